The average molecular weight is 368 g/mol. The van der Waals surface area contributed by atoms with Crippen molar-refractivity contribution in [2.45, 2.75) is 13.3 Å². The molecule has 0 aliphatic carbocycles. The minimum absolute atomic E-state index is 0.269. The van der Waals surface area contributed by atoms with Crippen LogP contribution in [0.3, 0.4) is 0 Å². The summed E-state index contributed by atoms with van der Waals surface area (Å²) in [6.45, 7) is 2.04. The van der Waals surface area contributed by atoms with E-state index in [9.17, 15) is 0 Å². The van der Waals surface area contributed by atoms with Gasteiger partial charge in [0.2, 0.25) is 0 Å². The van der Waals surface area contributed by atoms with Gasteiger partial charge in [0.05, 0.1) is 18.2 Å². The van der Waals surface area contributed by atoms with Crippen LogP contribution in [0.1, 0.15) is 10.6 Å². The molecule has 0 N–H and O–H groups in total. The summed E-state index contributed by atoms with van der Waals surface area (Å²) in [7, 11) is 0. The number of aryl methyl sites for hydroxylation is 1. The monoisotopic (exact) mass is 368 g/mol. The third-order valence-electron chi connectivity index (χ3n) is 4.20. The van der Waals surface area contributed by atoms with Gasteiger partial charge in [0.25, 0.3) is 0 Å². The first kappa shape index (κ1) is 17.1. The molecule has 130 valence electrons. The van der Waals surface area contributed by atoms with Crippen molar-refractivity contribution in [2.24, 2.45) is 10.2 Å². The zero-order chi connectivity index (χ0) is 18.6. The summed E-state index contributed by atoms with van der Waals surface area (Å²) >= 11 is 1.41. The Kier molecular flexibility index (Phi) is 4.73. The molecule has 1 heterocycles. The lowest BCUT2D eigenvalue weighted by Gasteiger charge is -2.02. The zero-order valence-electron chi connectivity index (χ0n) is 14.8. The number of thiazole rings is 1. The molecule has 0 spiro atoms. The van der Waals surface area contributed by atoms with Crippen molar-refractivity contribution < 1.29 is 0 Å². The SMILES string of the molecule is Cc1ccc(N=Nc2sc(CC#N)nc2-c2ccc3ccccc3c2)cc1. The maximum Gasteiger partial charge on any atom is 0.166 e. The van der Waals surface area contributed by atoms with E-state index in [1.165, 1.54) is 22.3 Å². The standard InChI is InChI=1S/C22H16N4S/c1-15-6-10-19(11-7-15)25-26-22-21(24-20(27-22)12-13-23)18-9-8-16-4-2-3-5-17(16)14-18/h2-11,14H,12H2,1H3. The van der Waals surface area contributed by atoms with Crippen molar-refractivity contribution in [3.8, 4) is 17.3 Å². The lowest BCUT2D eigenvalue weighted by molar-refractivity contribution is 1.18. The first-order valence-corrected chi connectivity index (χ1v) is 9.39. The molecule has 0 fully saturated rings. The third kappa shape index (κ3) is 3.76. The Hall–Kier alpha value is -3.36. The van der Waals surface area contributed by atoms with Crippen molar-refractivity contribution in [3.63, 3.8) is 0 Å². The van der Waals surface area contributed by atoms with Gasteiger partial charge >= 0.3 is 0 Å². The third-order valence-corrected chi connectivity index (χ3v) is 5.14. The molecule has 1 aromatic heterocycles. The summed E-state index contributed by atoms with van der Waals surface area (Å²) in [6, 6.07) is 24.5. The molecule has 5 heteroatoms. The van der Waals surface area contributed by atoms with Crippen molar-refractivity contribution >= 4 is 32.8 Å². The molecule has 0 aliphatic rings. The minimum Gasteiger partial charge on any atom is -0.238 e. The van der Waals surface area contributed by atoms with Crippen molar-refractivity contribution in [3.05, 3.63) is 77.3 Å². The molecule has 0 saturated heterocycles. The normalized spacial score (nSPS) is 11.1. The van der Waals surface area contributed by atoms with E-state index in [-0.39, 0.29) is 6.42 Å². The fraction of sp³-hybridized carbons (Fsp3) is 0.0909. The molecule has 4 rings (SSSR count). The fourth-order valence-corrected chi connectivity index (χ4v) is 3.64. The largest absolute Gasteiger partial charge is 0.238 e. The van der Waals surface area contributed by atoms with Crippen LogP contribution in [0.25, 0.3) is 22.0 Å². The van der Waals surface area contributed by atoms with Crippen LogP contribution in [0.2, 0.25) is 0 Å². The number of benzene rings is 3. The second-order valence-corrected chi connectivity index (χ2v) is 7.26. The van der Waals surface area contributed by atoms with E-state index < -0.39 is 0 Å². The summed E-state index contributed by atoms with van der Waals surface area (Å²) < 4.78 is 0. The maximum atomic E-state index is 9.03. The van der Waals surface area contributed by atoms with Crippen molar-refractivity contribution in [1.82, 2.24) is 4.98 Å². The highest BCUT2D eigenvalue weighted by atomic mass is 32.1. The summed E-state index contributed by atoms with van der Waals surface area (Å²) in [5.74, 6) is 0. The molecule has 0 saturated carbocycles. The molecule has 4 nitrogen and oxygen atoms in total. The van der Waals surface area contributed by atoms with Gasteiger partial charge in [-0.3, -0.25) is 0 Å². The second-order valence-electron chi connectivity index (χ2n) is 6.19. The molecule has 4 aromatic rings. The number of aromatic nitrogens is 1. The Labute approximate surface area is 161 Å². The van der Waals surface area contributed by atoms with E-state index >= 15 is 0 Å². The number of hydrogen-bond donors (Lipinski definition) is 0. The van der Waals surface area contributed by atoms with Crippen LogP contribution < -0.4 is 0 Å². The van der Waals surface area contributed by atoms with Crippen LogP contribution in [-0.4, -0.2) is 4.98 Å². The highest BCUT2D eigenvalue weighted by molar-refractivity contribution is 7.16. The van der Waals surface area contributed by atoms with Crippen molar-refractivity contribution in [1.29, 1.82) is 5.26 Å². The minimum atomic E-state index is 0.269. The summed E-state index contributed by atoms with van der Waals surface area (Å²) in [5.41, 5.74) is 3.72. The number of hydrogen-bond acceptors (Lipinski definition) is 5. The van der Waals surface area contributed by atoms with E-state index in [4.69, 9.17) is 5.26 Å². The van der Waals surface area contributed by atoms with Gasteiger partial charge in [-0.2, -0.15) is 5.26 Å². The van der Waals surface area contributed by atoms with Gasteiger partial charge in [-0.1, -0.05) is 65.4 Å². The van der Waals surface area contributed by atoms with E-state index in [1.807, 2.05) is 49.4 Å². The zero-order valence-corrected chi connectivity index (χ0v) is 15.6. The van der Waals surface area contributed by atoms with Gasteiger partial charge in [-0.15, -0.1) is 10.2 Å². The number of fused-ring (bicyclic) bond motifs is 1. The van der Waals surface area contributed by atoms with Gasteiger partial charge < -0.3 is 0 Å². The van der Waals surface area contributed by atoms with Gasteiger partial charge in [0.15, 0.2) is 5.00 Å². The average Bonchev–Trinajstić information content (AvgIpc) is 3.10. The highest BCUT2D eigenvalue weighted by Gasteiger charge is 2.13. The second kappa shape index (κ2) is 7.48. The number of nitrogens with zero attached hydrogens (tertiary/aromatic N) is 4. The first-order valence-electron chi connectivity index (χ1n) is 8.57. The lowest BCUT2D eigenvalue weighted by Crippen LogP contribution is -1.82. The van der Waals surface area contributed by atoms with Gasteiger partial charge in [-0.05, 0) is 35.9 Å². The van der Waals surface area contributed by atoms with Gasteiger partial charge in [0.1, 0.15) is 10.7 Å². The first-order chi connectivity index (χ1) is 13.2. The van der Waals surface area contributed by atoms with E-state index in [0.717, 1.165) is 32.3 Å². The number of rotatable bonds is 4. The Balaban J connectivity index is 1.76. The summed E-state index contributed by atoms with van der Waals surface area (Å²) in [5, 5.41) is 21.6. The van der Waals surface area contributed by atoms with Crippen LogP contribution in [0.4, 0.5) is 10.7 Å². The quantitative estimate of drug-likeness (QED) is 0.374. The summed E-state index contributed by atoms with van der Waals surface area (Å²) in [6.07, 6.45) is 0.269. The van der Waals surface area contributed by atoms with E-state index in [2.05, 4.69) is 45.5 Å². The Bertz CT molecular complexity index is 1170. The Morgan fingerprint density at radius 2 is 1.74 bits per heavy atom. The Morgan fingerprint density at radius 1 is 0.963 bits per heavy atom. The number of azo groups is 1. The Morgan fingerprint density at radius 3 is 2.52 bits per heavy atom. The molecule has 0 atom stereocenters. The van der Waals surface area contributed by atoms with Crippen LogP contribution in [0, 0.1) is 18.3 Å². The molecule has 0 radical (unpaired) electrons. The predicted octanol–water partition coefficient (Wildman–Crippen LogP) is 6.75. The number of nitriles is 1. The molecule has 27 heavy (non-hydrogen) atoms. The molecule has 0 aliphatic heterocycles. The van der Waals surface area contributed by atoms with E-state index in [1.54, 1.807) is 0 Å². The molecule has 0 bridgehead atoms. The van der Waals surface area contributed by atoms with Crippen molar-refractivity contribution in [2.75, 3.05) is 0 Å². The maximum absolute atomic E-state index is 9.03. The summed E-state index contributed by atoms with van der Waals surface area (Å²) in [4.78, 5) is 4.65. The molecule has 0 amide bonds. The van der Waals surface area contributed by atoms with Gasteiger partial charge in [0, 0.05) is 5.56 Å². The van der Waals surface area contributed by atoms with Crippen LogP contribution in [0.15, 0.2) is 77.0 Å². The molecular formula is C22H16N4S. The van der Waals surface area contributed by atoms with Gasteiger partial charge in [-0.25, -0.2) is 4.98 Å². The van der Waals surface area contributed by atoms with Crippen LogP contribution in [-0.2, 0) is 6.42 Å². The lowest BCUT2D eigenvalue weighted by atomic mass is 10.1. The highest BCUT2D eigenvalue weighted by Crippen LogP contribution is 2.37. The fourth-order valence-electron chi connectivity index (χ4n) is 2.81. The smallest absolute Gasteiger partial charge is 0.166 e. The molecular weight excluding hydrogens is 352 g/mol. The van der Waals surface area contributed by atoms with E-state index in [0.29, 0.717) is 0 Å². The molecule has 0 unspecified atom stereocenters. The topological polar surface area (TPSA) is 61.4 Å². The van der Waals surface area contributed by atoms with Crippen LogP contribution in [0.5, 0.6) is 0 Å². The van der Waals surface area contributed by atoms with Crippen LogP contribution >= 0.6 is 11.3 Å². The molecule has 3 aromatic carbocycles. The predicted molar refractivity (Wildman–Crippen MR) is 110 cm³/mol.